The Labute approximate surface area is 127 Å². The number of nitrogens with zero attached hydrogens (tertiary/aromatic N) is 3. The third-order valence-electron chi connectivity index (χ3n) is 3.37. The van der Waals surface area contributed by atoms with Crippen molar-refractivity contribution < 1.29 is 14.3 Å². The molecule has 21 heavy (non-hydrogen) atoms. The van der Waals surface area contributed by atoms with E-state index < -0.39 is 0 Å². The molecule has 0 unspecified atom stereocenters. The first-order valence-electron chi connectivity index (χ1n) is 6.50. The Balaban J connectivity index is 1.97. The standard InChI is InChI=1S/C13H17ClN4O3/c1-21-12(19)8-17-2-4-18(5-3-17)13(20)9-6-11(14)16-7-10(9)15/h6-7H,2-5,8,15H2,1H3. The minimum absolute atomic E-state index is 0.172. The highest BCUT2D eigenvalue weighted by Crippen LogP contribution is 2.18. The number of nitrogen functional groups attached to an aromatic ring is 1. The highest BCUT2D eigenvalue weighted by atomic mass is 35.5. The zero-order chi connectivity index (χ0) is 15.4. The Morgan fingerprint density at radius 1 is 1.38 bits per heavy atom. The average Bonchev–Trinajstić information content (AvgIpc) is 2.49. The monoisotopic (exact) mass is 312 g/mol. The van der Waals surface area contributed by atoms with Gasteiger partial charge in [-0.25, -0.2) is 4.98 Å². The molecule has 2 heterocycles. The van der Waals surface area contributed by atoms with Gasteiger partial charge in [0.05, 0.1) is 31.1 Å². The molecule has 0 spiro atoms. The molecular formula is C13H17ClN4O3. The van der Waals surface area contributed by atoms with Gasteiger partial charge in [-0.1, -0.05) is 11.6 Å². The number of nitrogens with two attached hydrogens (primary N) is 1. The van der Waals surface area contributed by atoms with E-state index in [1.165, 1.54) is 19.4 Å². The molecule has 0 saturated carbocycles. The summed E-state index contributed by atoms with van der Waals surface area (Å²) in [5.74, 6) is -0.450. The number of carbonyl (C=O) groups excluding carboxylic acids is 2. The number of carbonyl (C=O) groups is 2. The Kier molecular flexibility index (Phi) is 4.98. The molecule has 114 valence electrons. The molecule has 0 aliphatic carbocycles. The molecule has 1 aromatic heterocycles. The number of esters is 1. The SMILES string of the molecule is COC(=O)CN1CCN(C(=O)c2cc(Cl)ncc2N)CC1. The van der Waals surface area contributed by atoms with Gasteiger partial charge in [0.15, 0.2) is 0 Å². The van der Waals surface area contributed by atoms with Crippen molar-refractivity contribution in [3.63, 3.8) is 0 Å². The molecule has 1 amide bonds. The first-order valence-corrected chi connectivity index (χ1v) is 6.88. The maximum Gasteiger partial charge on any atom is 0.319 e. The smallest absolute Gasteiger partial charge is 0.319 e. The van der Waals surface area contributed by atoms with Crippen molar-refractivity contribution in [3.8, 4) is 0 Å². The van der Waals surface area contributed by atoms with Crippen molar-refractivity contribution in [1.29, 1.82) is 0 Å². The molecule has 0 radical (unpaired) electrons. The van der Waals surface area contributed by atoms with Crippen LogP contribution in [0.1, 0.15) is 10.4 Å². The van der Waals surface area contributed by atoms with Gasteiger partial charge in [0.2, 0.25) is 0 Å². The van der Waals surface area contributed by atoms with Gasteiger partial charge in [0, 0.05) is 26.2 Å². The lowest BCUT2D eigenvalue weighted by molar-refractivity contribution is -0.142. The average molecular weight is 313 g/mol. The molecule has 1 fully saturated rings. The first kappa shape index (κ1) is 15.5. The van der Waals surface area contributed by atoms with Crippen LogP contribution in [0.25, 0.3) is 0 Å². The molecule has 0 bridgehead atoms. The van der Waals surface area contributed by atoms with Crippen LogP contribution < -0.4 is 5.73 Å². The Bertz CT molecular complexity index is 544. The van der Waals surface area contributed by atoms with E-state index in [0.29, 0.717) is 37.4 Å². The summed E-state index contributed by atoms with van der Waals surface area (Å²) in [5.41, 5.74) is 6.43. The van der Waals surface area contributed by atoms with Crippen LogP contribution in [0, 0.1) is 0 Å². The van der Waals surface area contributed by atoms with Gasteiger partial charge in [-0.05, 0) is 6.07 Å². The zero-order valence-electron chi connectivity index (χ0n) is 11.7. The zero-order valence-corrected chi connectivity index (χ0v) is 12.5. The molecule has 7 nitrogen and oxygen atoms in total. The molecule has 1 aromatic rings. The lowest BCUT2D eigenvalue weighted by Gasteiger charge is -2.34. The summed E-state index contributed by atoms with van der Waals surface area (Å²) >= 11 is 5.80. The minimum atomic E-state index is -0.278. The minimum Gasteiger partial charge on any atom is -0.468 e. The second-order valence-corrected chi connectivity index (χ2v) is 5.13. The topological polar surface area (TPSA) is 88.8 Å². The van der Waals surface area contributed by atoms with E-state index in [0.717, 1.165) is 0 Å². The Morgan fingerprint density at radius 3 is 2.67 bits per heavy atom. The van der Waals surface area contributed by atoms with Gasteiger partial charge >= 0.3 is 5.97 Å². The van der Waals surface area contributed by atoms with Crippen molar-refractivity contribution in [3.05, 3.63) is 23.0 Å². The van der Waals surface area contributed by atoms with Crippen molar-refractivity contribution in [1.82, 2.24) is 14.8 Å². The van der Waals surface area contributed by atoms with E-state index in [-0.39, 0.29) is 23.6 Å². The van der Waals surface area contributed by atoms with Gasteiger partial charge in [-0.15, -0.1) is 0 Å². The second kappa shape index (κ2) is 6.73. The molecule has 0 aromatic carbocycles. The number of hydrogen-bond acceptors (Lipinski definition) is 6. The van der Waals surface area contributed by atoms with Gasteiger partial charge in [0.25, 0.3) is 5.91 Å². The molecule has 2 rings (SSSR count). The first-order chi connectivity index (χ1) is 10.0. The number of piperazine rings is 1. The molecule has 1 aliphatic heterocycles. The summed E-state index contributed by atoms with van der Waals surface area (Å²) in [6.07, 6.45) is 1.38. The van der Waals surface area contributed by atoms with Crippen LogP contribution in [-0.2, 0) is 9.53 Å². The van der Waals surface area contributed by atoms with Crippen molar-refractivity contribution in [2.45, 2.75) is 0 Å². The van der Waals surface area contributed by atoms with Crippen molar-refractivity contribution >= 4 is 29.2 Å². The fourth-order valence-electron chi connectivity index (χ4n) is 2.15. The van der Waals surface area contributed by atoms with Gasteiger partial charge in [0.1, 0.15) is 5.15 Å². The summed E-state index contributed by atoms with van der Waals surface area (Å²) in [6.45, 7) is 2.51. The number of methoxy groups -OCH3 is 1. The number of pyridine rings is 1. The van der Waals surface area contributed by atoms with Crippen LogP contribution in [0.2, 0.25) is 5.15 Å². The highest BCUT2D eigenvalue weighted by Gasteiger charge is 2.24. The molecule has 2 N–H and O–H groups in total. The lowest BCUT2D eigenvalue weighted by Crippen LogP contribution is -2.50. The summed E-state index contributed by atoms with van der Waals surface area (Å²) in [5, 5.41) is 0.233. The van der Waals surface area contributed by atoms with Gasteiger partial charge in [-0.2, -0.15) is 0 Å². The quantitative estimate of drug-likeness (QED) is 0.635. The molecule has 1 saturated heterocycles. The maximum atomic E-state index is 12.4. The largest absolute Gasteiger partial charge is 0.468 e. The van der Waals surface area contributed by atoms with E-state index >= 15 is 0 Å². The Morgan fingerprint density at radius 2 is 2.05 bits per heavy atom. The normalized spacial score (nSPS) is 15.8. The van der Waals surface area contributed by atoms with Crippen molar-refractivity contribution in [2.75, 3.05) is 45.6 Å². The van der Waals surface area contributed by atoms with Crippen molar-refractivity contribution in [2.24, 2.45) is 0 Å². The summed E-state index contributed by atoms with van der Waals surface area (Å²) in [6, 6.07) is 1.47. The number of amides is 1. The molecule has 1 aliphatic rings. The van der Waals surface area contributed by atoms with Gasteiger partial charge in [-0.3, -0.25) is 14.5 Å². The second-order valence-electron chi connectivity index (χ2n) is 4.74. The van der Waals surface area contributed by atoms with E-state index in [4.69, 9.17) is 17.3 Å². The van der Waals surface area contributed by atoms with Gasteiger partial charge < -0.3 is 15.4 Å². The fourth-order valence-corrected chi connectivity index (χ4v) is 2.31. The summed E-state index contributed by atoms with van der Waals surface area (Å²) in [7, 11) is 1.36. The predicted molar refractivity (Wildman–Crippen MR) is 78.0 cm³/mol. The predicted octanol–water partition coefficient (Wildman–Crippen LogP) is 0.248. The molecule has 0 atom stereocenters. The van der Waals surface area contributed by atoms with E-state index in [9.17, 15) is 9.59 Å². The number of ether oxygens (including phenoxy) is 1. The third-order valence-corrected chi connectivity index (χ3v) is 3.58. The van der Waals surface area contributed by atoms with Crippen LogP contribution in [0.5, 0.6) is 0 Å². The van der Waals surface area contributed by atoms with E-state index in [1.807, 2.05) is 4.90 Å². The Hall–Kier alpha value is -1.86. The maximum absolute atomic E-state index is 12.4. The highest BCUT2D eigenvalue weighted by molar-refractivity contribution is 6.29. The van der Waals surface area contributed by atoms with Crippen LogP contribution in [0.15, 0.2) is 12.3 Å². The number of halogens is 1. The van der Waals surface area contributed by atoms with Crippen LogP contribution >= 0.6 is 11.6 Å². The molecule has 8 heteroatoms. The number of hydrogen-bond donors (Lipinski definition) is 1. The van der Waals surface area contributed by atoms with E-state index in [2.05, 4.69) is 9.72 Å². The number of aromatic nitrogens is 1. The number of anilines is 1. The van der Waals surface area contributed by atoms with Crippen LogP contribution in [0.3, 0.4) is 0 Å². The third kappa shape index (κ3) is 3.83. The van der Waals surface area contributed by atoms with E-state index in [1.54, 1.807) is 4.90 Å². The van der Waals surface area contributed by atoms with Crippen LogP contribution in [0.4, 0.5) is 5.69 Å². The summed E-state index contributed by atoms with van der Waals surface area (Å²) in [4.78, 5) is 31.1. The van der Waals surface area contributed by atoms with Crippen LogP contribution in [-0.4, -0.2) is 66.5 Å². The molecular weight excluding hydrogens is 296 g/mol. The fraction of sp³-hybridized carbons (Fsp3) is 0.462. The number of rotatable bonds is 3. The lowest BCUT2D eigenvalue weighted by atomic mass is 10.2. The summed E-state index contributed by atoms with van der Waals surface area (Å²) < 4.78 is 4.63.